The summed E-state index contributed by atoms with van der Waals surface area (Å²) < 4.78 is 0. The number of nitrogens with one attached hydrogen (secondary N) is 1. The maximum atomic E-state index is 12.3. The highest BCUT2D eigenvalue weighted by atomic mass is 16.3. The van der Waals surface area contributed by atoms with E-state index in [9.17, 15) is 4.79 Å². The first-order chi connectivity index (χ1) is 8.73. The zero-order valence-corrected chi connectivity index (χ0v) is 10.3. The molecule has 98 valence electrons. The van der Waals surface area contributed by atoms with E-state index in [1.807, 2.05) is 30.3 Å². The smallest absolute Gasteiger partial charge is 0.231 e. The molecule has 1 saturated carbocycles. The van der Waals surface area contributed by atoms with E-state index in [1.165, 1.54) is 0 Å². The second-order valence-electron chi connectivity index (χ2n) is 4.84. The zero-order valence-electron chi connectivity index (χ0n) is 10.3. The Labute approximate surface area is 107 Å². The van der Waals surface area contributed by atoms with Gasteiger partial charge in [-0.15, -0.1) is 0 Å². The Hall–Kier alpha value is -1.39. The highest BCUT2D eigenvalue weighted by molar-refractivity contribution is 5.89. The monoisotopic (exact) mass is 249 g/mol. The molecule has 18 heavy (non-hydrogen) atoms. The summed E-state index contributed by atoms with van der Waals surface area (Å²) in [6.45, 7) is -0.486. The Morgan fingerprint density at radius 3 is 2.28 bits per heavy atom. The largest absolute Gasteiger partial charge is 0.394 e. The first kappa shape index (κ1) is 13.1. The molecular weight excluding hydrogens is 230 g/mol. The van der Waals surface area contributed by atoms with Crippen LogP contribution in [-0.2, 0) is 10.2 Å². The predicted octanol–water partition coefficient (Wildman–Crippen LogP) is 0.578. The number of hydrogen-bond donors (Lipinski definition) is 3. The minimum Gasteiger partial charge on any atom is -0.394 e. The molecule has 1 aliphatic carbocycles. The number of amides is 1. The van der Waals surface area contributed by atoms with Gasteiger partial charge in [0.15, 0.2) is 0 Å². The van der Waals surface area contributed by atoms with Crippen LogP contribution >= 0.6 is 0 Å². The summed E-state index contributed by atoms with van der Waals surface area (Å²) in [5.41, 5.74) is 0.549. The van der Waals surface area contributed by atoms with Crippen molar-refractivity contribution in [1.29, 1.82) is 0 Å². The Balaban J connectivity index is 2.15. The number of rotatable bonds is 5. The van der Waals surface area contributed by atoms with Gasteiger partial charge in [0.2, 0.25) is 5.91 Å². The summed E-state index contributed by atoms with van der Waals surface area (Å²) in [7, 11) is 0. The molecule has 1 aromatic rings. The van der Waals surface area contributed by atoms with Gasteiger partial charge < -0.3 is 15.5 Å². The van der Waals surface area contributed by atoms with Gasteiger partial charge in [-0.3, -0.25) is 4.79 Å². The molecule has 2 rings (SSSR count). The second-order valence-corrected chi connectivity index (χ2v) is 4.84. The quantitative estimate of drug-likeness (QED) is 0.715. The molecule has 1 aromatic carbocycles. The lowest BCUT2D eigenvalue weighted by Crippen LogP contribution is -2.53. The van der Waals surface area contributed by atoms with Crippen molar-refractivity contribution >= 4 is 5.91 Å². The molecule has 1 amide bonds. The number of aliphatic hydroxyl groups excluding tert-OH is 2. The molecule has 1 fully saturated rings. The van der Waals surface area contributed by atoms with E-state index < -0.39 is 11.5 Å². The fraction of sp³-hybridized carbons (Fsp3) is 0.500. The van der Waals surface area contributed by atoms with Crippen LogP contribution in [0.5, 0.6) is 0 Å². The van der Waals surface area contributed by atoms with E-state index in [0.29, 0.717) is 0 Å². The first-order valence-electron chi connectivity index (χ1n) is 6.31. The molecule has 0 aromatic heterocycles. The Morgan fingerprint density at radius 1 is 1.22 bits per heavy atom. The topological polar surface area (TPSA) is 69.6 Å². The molecule has 3 N–H and O–H groups in total. The van der Waals surface area contributed by atoms with Crippen molar-refractivity contribution < 1.29 is 15.0 Å². The van der Waals surface area contributed by atoms with E-state index in [1.54, 1.807) is 0 Å². The van der Waals surface area contributed by atoms with E-state index in [-0.39, 0.29) is 19.1 Å². The van der Waals surface area contributed by atoms with Crippen LogP contribution in [0.25, 0.3) is 0 Å². The highest BCUT2D eigenvalue weighted by Crippen LogP contribution is 2.43. The summed E-state index contributed by atoms with van der Waals surface area (Å²) in [5.74, 6) is -0.0898. The van der Waals surface area contributed by atoms with Crippen molar-refractivity contribution in [3.05, 3.63) is 35.9 Å². The predicted molar refractivity (Wildman–Crippen MR) is 68.1 cm³/mol. The van der Waals surface area contributed by atoms with E-state index >= 15 is 0 Å². The lowest BCUT2D eigenvalue weighted by Gasteiger charge is -2.41. The van der Waals surface area contributed by atoms with Gasteiger partial charge in [0.1, 0.15) is 0 Å². The minimum absolute atomic E-state index is 0.0898. The average Bonchev–Trinajstić information content (AvgIpc) is 2.36. The molecule has 1 aliphatic rings. The maximum Gasteiger partial charge on any atom is 0.231 e. The van der Waals surface area contributed by atoms with Crippen molar-refractivity contribution in [2.24, 2.45) is 0 Å². The van der Waals surface area contributed by atoms with Crippen LogP contribution in [0.4, 0.5) is 0 Å². The standard InChI is InChI=1S/C14H19NO3/c16-9-12(10-17)15-13(18)14(7-4-8-14)11-5-2-1-3-6-11/h1-3,5-6,12,16-17H,4,7-10H2,(H,15,18). The number of carbonyl (C=O) groups is 1. The lowest BCUT2D eigenvalue weighted by molar-refractivity contribution is -0.131. The van der Waals surface area contributed by atoms with Gasteiger partial charge in [0.05, 0.1) is 24.7 Å². The van der Waals surface area contributed by atoms with Crippen LogP contribution < -0.4 is 5.32 Å². The van der Waals surface area contributed by atoms with Gasteiger partial charge in [-0.05, 0) is 18.4 Å². The summed E-state index contributed by atoms with van der Waals surface area (Å²) in [6, 6.07) is 9.14. The molecule has 0 unspecified atom stereocenters. The highest BCUT2D eigenvalue weighted by Gasteiger charge is 2.45. The molecule has 4 nitrogen and oxygen atoms in total. The normalized spacial score (nSPS) is 17.3. The van der Waals surface area contributed by atoms with Crippen LogP contribution in [0.3, 0.4) is 0 Å². The van der Waals surface area contributed by atoms with Crippen molar-refractivity contribution in [2.75, 3.05) is 13.2 Å². The van der Waals surface area contributed by atoms with Gasteiger partial charge in [-0.25, -0.2) is 0 Å². The Bertz CT molecular complexity index is 397. The van der Waals surface area contributed by atoms with E-state index in [0.717, 1.165) is 24.8 Å². The van der Waals surface area contributed by atoms with Crippen molar-refractivity contribution in [1.82, 2.24) is 5.32 Å². The summed E-state index contributed by atoms with van der Waals surface area (Å²) in [5, 5.41) is 20.8. The molecule has 4 heteroatoms. The first-order valence-corrected chi connectivity index (χ1v) is 6.31. The molecule has 0 spiro atoms. The van der Waals surface area contributed by atoms with Crippen LogP contribution in [0, 0.1) is 0 Å². The summed E-state index contributed by atoms with van der Waals surface area (Å²) in [6.07, 6.45) is 2.68. The number of aliphatic hydroxyl groups is 2. The molecular formula is C14H19NO3. The molecule has 0 radical (unpaired) electrons. The third-order valence-electron chi connectivity index (χ3n) is 3.74. The van der Waals surface area contributed by atoms with Crippen LogP contribution in [0.1, 0.15) is 24.8 Å². The van der Waals surface area contributed by atoms with Gasteiger partial charge in [-0.1, -0.05) is 36.8 Å². The lowest BCUT2D eigenvalue weighted by atomic mass is 9.63. The van der Waals surface area contributed by atoms with Gasteiger partial charge in [-0.2, -0.15) is 0 Å². The van der Waals surface area contributed by atoms with Gasteiger partial charge >= 0.3 is 0 Å². The SMILES string of the molecule is O=C(NC(CO)CO)C1(c2ccccc2)CCC1. The molecule has 0 saturated heterocycles. The molecule has 0 aliphatic heterocycles. The number of carbonyl (C=O) groups excluding carboxylic acids is 1. The van der Waals surface area contributed by atoms with Gasteiger partial charge in [0, 0.05) is 0 Å². The molecule has 0 atom stereocenters. The third-order valence-corrected chi connectivity index (χ3v) is 3.74. The van der Waals surface area contributed by atoms with Crippen molar-refractivity contribution in [3.8, 4) is 0 Å². The fourth-order valence-corrected chi connectivity index (χ4v) is 2.41. The van der Waals surface area contributed by atoms with Crippen molar-refractivity contribution in [2.45, 2.75) is 30.7 Å². The maximum absolute atomic E-state index is 12.3. The van der Waals surface area contributed by atoms with E-state index in [4.69, 9.17) is 10.2 Å². The van der Waals surface area contributed by atoms with Crippen molar-refractivity contribution in [3.63, 3.8) is 0 Å². The Morgan fingerprint density at radius 2 is 1.83 bits per heavy atom. The van der Waals surface area contributed by atoms with E-state index in [2.05, 4.69) is 5.32 Å². The number of hydrogen-bond acceptors (Lipinski definition) is 3. The second kappa shape index (κ2) is 5.50. The molecule has 0 heterocycles. The minimum atomic E-state index is -0.571. The zero-order chi connectivity index (χ0) is 13.0. The summed E-state index contributed by atoms with van der Waals surface area (Å²) >= 11 is 0. The Kier molecular flexibility index (Phi) is 3.99. The fourth-order valence-electron chi connectivity index (χ4n) is 2.41. The van der Waals surface area contributed by atoms with Crippen LogP contribution in [0.2, 0.25) is 0 Å². The summed E-state index contributed by atoms with van der Waals surface area (Å²) in [4.78, 5) is 12.3. The molecule has 0 bridgehead atoms. The van der Waals surface area contributed by atoms with Crippen LogP contribution in [-0.4, -0.2) is 35.4 Å². The third kappa shape index (κ3) is 2.26. The van der Waals surface area contributed by atoms with Gasteiger partial charge in [0.25, 0.3) is 0 Å². The average molecular weight is 249 g/mol. The van der Waals surface area contributed by atoms with Crippen LogP contribution in [0.15, 0.2) is 30.3 Å². The number of benzene rings is 1.